The molecule has 1 fully saturated rings. The molecule has 3 rings (SSSR count). The zero-order valence-electron chi connectivity index (χ0n) is 17.9. The molecule has 172 valence electrons. The molecule has 0 radical (unpaired) electrons. The van der Waals surface area contributed by atoms with Gasteiger partial charge in [0.1, 0.15) is 5.75 Å². The minimum absolute atomic E-state index is 0.106. The highest BCUT2D eigenvalue weighted by atomic mass is 35.5. The molecule has 1 aliphatic rings. The van der Waals surface area contributed by atoms with Crippen molar-refractivity contribution < 1.29 is 27.5 Å². The number of methoxy groups -OCH3 is 1. The summed E-state index contributed by atoms with van der Waals surface area (Å²) < 4.78 is 37.8. The third-order valence-electron chi connectivity index (χ3n) is 5.13. The number of halogens is 1. The molecule has 0 aromatic heterocycles. The average molecular weight is 481 g/mol. The molecule has 8 nitrogen and oxygen atoms in total. The predicted molar refractivity (Wildman–Crippen MR) is 121 cm³/mol. The summed E-state index contributed by atoms with van der Waals surface area (Å²) in [5.74, 6) is -1.14. The van der Waals surface area contributed by atoms with Crippen LogP contribution >= 0.6 is 11.6 Å². The van der Waals surface area contributed by atoms with Gasteiger partial charge in [0, 0.05) is 24.2 Å². The first-order valence-electron chi connectivity index (χ1n) is 10.1. The van der Waals surface area contributed by atoms with Gasteiger partial charge in [-0.25, -0.2) is 13.2 Å². The van der Waals surface area contributed by atoms with Crippen LogP contribution in [0.15, 0.2) is 41.3 Å². The van der Waals surface area contributed by atoms with E-state index in [4.69, 9.17) is 21.1 Å². The van der Waals surface area contributed by atoms with Crippen LogP contribution in [0.3, 0.4) is 0 Å². The molecular weight excluding hydrogens is 456 g/mol. The molecular formula is C22H25ClN2O6S. The Bertz CT molecular complexity index is 1110. The van der Waals surface area contributed by atoms with Crippen LogP contribution < -0.4 is 10.1 Å². The largest absolute Gasteiger partial charge is 0.495 e. The van der Waals surface area contributed by atoms with E-state index in [9.17, 15) is 18.0 Å². The number of nitrogens with one attached hydrogen (secondary N) is 1. The molecule has 0 atom stereocenters. The van der Waals surface area contributed by atoms with Crippen molar-refractivity contribution in [3.8, 4) is 5.75 Å². The highest BCUT2D eigenvalue weighted by molar-refractivity contribution is 7.89. The lowest BCUT2D eigenvalue weighted by Crippen LogP contribution is -2.36. The van der Waals surface area contributed by atoms with Gasteiger partial charge in [-0.05, 0) is 43.5 Å². The molecule has 0 bridgehead atoms. The summed E-state index contributed by atoms with van der Waals surface area (Å²) in [4.78, 5) is 24.9. The highest BCUT2D eigenvalue weighted by Gasteiger charge is 2.30. The summed E-state index contributed by atoms with van der Waals surface area (Å²) in [7, 11) is -2.40. The number of amides is 1. The topological polar surface area (TPSA) is 102 Å². The fraction of sp³-hybridized carbons (Fsp3) is 0.364. The number of piperidine rings is 1. The molecule has 0 aliphatic carbocycles. The molecule has 1 amide bonds. The normalized spacial score (nSPS) is 14.6. The number of carbonyl (C=O) groups excluding carboxylic acids is 2. The van der Waals surface area contributed by atoms with Crippen molar-refractivity contribution in [2.45, 2.75) is 31.1 Å². The molecule has 1 heterocycles. The molecule has 1 saturated heterocycles. The summed E-state index contributed by atoms with van der Waals surface area (Å²) in [5.41, 5.74) is 1.01. The van der Waals surface area contributed by atoms with E-state index in [0.717, 1.165) is 24.8 Å². The maximum Gasteiger partial charge on any atom is 0.340 e. The van der Waals surface area contributed by atoms with E-state index in [2.05, 4.69) is 5.32 Å². The van der Waals surface area contributed by atoms with E-state index in [0.29, 0.717) is 29.5 Å². The molecule has 0 unspecified atom stereocenters. The Labute approximate surface area is 192 Å². The first kappa shape index (κ1) is 24.0. The van der Waals surface area contributed by atoms with Gasteiger partial charge in [-0.2, -0.15) is 4.31 Å². The Hall–Kier alpha value is -2.62. The smallest absolute Gasteiger partial charge is 0.340 e. The third kappa shape index (κ3) is 5.40. The second-order valence-electron chi connectivity index (χ2n) is 7.39. The van der Waals surface area contributed by atoms with E-state index >= 15 is 0 Å². The zero-order valence-corrected chi connectivity index (χ0v) is 19.5. The molecule has 2 aromatic rings. The van der Waals surface area contributed by atoms with Gasteiger partial charge < -0.3 is 14.8 Å². The van der Waals surface area contributed by atoms with E-state index in [1.807, 2.05) is 0 Å². The second kappa shape index (κ2) is 10.3. The number of rotatable bonds is 7. The van der Waals surface area contributed by atoms with Crippen molar-refractivity contribution in [2.75, 3.05) is 32.1 Å². The Morgan fingerprint density at radius 3 is 2.50 bits per heavy atom. The minimum Gasteiger partial charge on any atom is -0.495 e. The number of carbonyl (C=O) groups is 2. The Balaban J connectivity index is 1.71. The fourth-order valence-electron chi connectivity index (χ4n) is 3.43. The SMILES string of the molecule is COc1cc(Cl)c(C)cc1NC(=O)COC(=O)c1ccccc1S(=O)(=O)N1CCCCC1. The highest BCUT2D eigenvalue weighted by Crippen LogP contribution is 2.31. The van der Waals surface area contributed by atoms with Gasteiger partial charge in [-0.1, -0.05) is 30.2 Å². The monoisotopic (exact) mass is 480 g/mol. The first-order chi connectivity index (χ1) is 15.2. The summed E-state index contributed by atoms with van der Waals surface area (Å²) in [6.45, 7) is 2.01. The van der Waals surface area contributed by atoms with E-state index in [-0.39, 0.29) is 10.5 Å². The van der Waals surface area contributed by atoms with Gasteiger partial charge in [0.2, 0.25) is 10.0 Å². The van der Waals surface area contributed by atoms with Crippen LogP contribution in [-0.2, 0) is 19.6 Å². The first-order valence-corrected chi connectivity index (χ1v) is 12.0. The van der Waals surface area contributed by atoms with Crippen molar-refractivity contribution in [2.24, 2.45) is 0 Å². The Kier molecular flexibility index (Phi) is 7.76. The van der Waals surface area contributed by atoms with Crippen LogP contribution in [0.2, 0.25) is 5.02 Å². The standard InChI is InChI=1S/C22H25ClN2O6S/c1-15-12-18(19(30-2)13-17(15)23)24-21(26)14-31-22(27)16-8-4-5-9-20(16)32(28,29)25-10-6-3-7-11-25/h4-5,8-9,12-13H,3,6-7,10-11,14H2,1-2H3,(H,24,26). The van der Waals surface area contributed by atoms with E-state index < -0.39 is 28.5 Å². The summed E-state index contributed by atoms with van der Waals surface area (Å²) in [6, 6.07) is 9.06. The van der Waals surface area contributed by atoms with Crippen LogP contribution in [0.5, 0.6) is 5.75 Å². The van der Waals surface area contributed by atoms with Crippen LogP contribution in [-0.4, -0.2) is 51.4 Å². The quantitative estimate of drug-likeness (QED) is 0.607. The molecule has 32 heavy (non-hydrogen) atoms. The average Bonchev–Trinajstić information content (AvgIpc) is 2.80. The number of aryl methyl sites for hydroxylation is 1. The van der Waals surface area contributed by atoms with Gasteiger partial charge in [0.15, 0.2) is 6.61 Å². The fourth-order valence-corrected chi connectivity index (χ4v) is 5.28. The number of benzene rings is 2. The zero-order chi connectivity index (χ0) is 23.3. The number of ether oxygens (including phenoxy) is 2. The molecule has 1 N–H and O–H groups in total. The van der Waals surface area contributed by atoms with Crippen molar-refractivity contribution in [1.29, 1.82) is 0 Å². The number of anilines is 1. The number of hydrogen-bond donors (Lipinski definition) is 1. The summed E-state index contributed by atoms with van der Waals surface area (Å²) >= 11 is 6.06. The molecule has 2 aromatic carbocycles. The number of hydrogen-bond acceptors (Lipinski definition) is 6. The van der Waals surface area contributed by atoms with Crippen LogP contribution in [0.4, 0.5) is 5.69 Å². The number of esters is 1. The van der Waals surface area contributed by atoms with Gasteiger partial charge in [-0.15, -0.1) is 0 Å². The van der Waals surface area contributed by atoms with Crippen molar-refractivity contribution in [3.05, 3.63) is 52.5 Å². The third-order valence-corrected chi connectivity index (χ3v) is 7.49. The van der Waals surface area contributed by atoms with Crippen LogP contribution in [0, 0.1) is 6.92 Å². The van der Waals surface area contributed by atoms with E-state index in [1.165, 1.54) is 23.5 Å². The molecule has 0 saturated carbocycles. The van der Waals surface area contributed by atoms with Gasteiger partial charge >= 0.3 is 5.97 Å². The second-order valence-corrected chi connectivity index (χ2v) is 9.70. The maximum atomic E-state index is 13.0. The Morgan fingerprint density at radius 2 is 1.81 bits per heavy atom. The Morgan fingerprint density at radius 1 is 1.12 bits per heavy atom. The van der Waals surface area contributed by atoms with Crippen LogP contribution in [0.1, 0.15) is 35.2 Å². The number of nitrogens with zero attached hydrogens (tertiary/aromatic N) is 1. The van der Waals surface area contributed by atoms with Crippen molar-refractivity contribution >= 4 is 39.2 Å². The lowest BCUT2D eigenvalue weighted by molar-refractivity contribution is -0.119. The van der Waals surface area contributed by atoms with Gasteiger partial charge in [0.05, 0.1) is 23.3 Å². The molecule has 10 heteroatoms. The van der Waals surface area contributed by atoms with Gasteiger partial charge in [0.25, 0.3) is 5.91 Å². The van der Waals surface area contributed by atoms with Crippen molar-refractivity contribution in [3.63, 3.8) is 0 Å². The van der Waals surface area contributed by atoms with E-state index in [1.54, 1.807) is 31.2 Å². The van der Waals surface area contributed by atoms with Crippen molar-refractivity contribution in [1.82, 2.24) is 4.31 Å². The lowest BCUT2D eigenvalue weighted by atomic mass is 10.2. The summed E-state index contributed by atoms with van der Waals surface area (Å²) in [6.07, 6.45) is 2.53. The molecule has 0 spiro atoms. The predicted octanol–water partition coefficient (Wildman–Crippen LogP) is 3.63. The molecule has 1 aliphatic heterocycles. The maximum absolute atomic E-state index is 13.0. The lowest BCUT2D eigenvalue weighted by Gasteiger charge is -2.26. The number of sulfonamides is 1. The van der Waals surface area contributed by atoms with Gasteiger partial charge in [-0.3, -0.25) is 4.79 Å². The minimum atomic E-state index is -3.84. The summed E-state index contributed by atoms with van der Waals surface area (Å²) in [5, 5.41) is 3.09. The van der Waals surface area contributed by atoms with Crippen LogP contribution in [0.25, 0.3) is 0 Å².